The quantitative estimate of drug-likeness (QED) is 0.644. The molecule has 3 atom stereocenters. The SMILES string of the molecule is C=C1CC1(N1CC[C@@H]2OCC(=O)N[C@@H]2C1)N1CC2(CC(Cc3ccc4nc(C(C)(F)F)cn4c3)C2)C1. The lowest BCUT2D eigenvalue weighted by Crippen LogP contribution is -2.71. The van der Waals surface area contributed by atoms with Gasteiger partial charge in [0.05, 0.1) is 17.8 Å². The number of pyridine rings is 1. The number of ether oxygens (including phenoxy) is 1. The molecule has 5 fully saturated rings. The second kappa shape index (κ2) is 7.58. The molecular formula is C27H33F2N5O2. The summed E-state index contributed by atoms with van der Waals surface area (Å²) in [7, 11) is 0. The smallest absolute Gasteiger partial charge is 0.288 e. The molecule has 2 aromatic rings. The van der Waals surface area contributed by atoms with E-state index < -0.39 is 5.92 Å². The molecule has 7 rings (SSSR count). The van der Waals surface area contributed by atoms with Crippen molar-refractivity contribution in [2.75, 3.05) is 32.8 Å². The molecule has 1 amide bonds. The molecule has 0 radical (unpaired) electrons. The molecule has 3 aliphatic heterocycles. The first-order chi connectivity index (χ1) is 17.1. The summed E-state index contributed by atoms with van der Waals surface area (Å²) in [5, 5.41) is 3.13. The van der Waals surface area contributed by atoms with Gasteiger partial charge in [0.1, 0.15) is 17.9 Å². The zero-order valence-electron chi connectivity index (χ0n) is 20.7. The summed E-state index contributed by atoms with van der Waals surface area (Å²) < 4.78 is 34.8. The van der Waals surface area contributed by atoms with Gasteiger partial charge < -0.3 is 14.5 Å². The third-order valence-electron chi connectivity index (χ3n) is 9.25. The van der Waals surface area contributed by atoms with Gasteiger partial charge in [-0.3, -0.25) is 14.6 Å². The van der Waals surface area contributed by atoms with Crippen LogP contribution in [-0.4, -0.2) is 75.7 Å². The predicted molar refractivity (Wildman–Crippen MR) is 130 cm³/mol. The molecule has 2 saturated carbocycles. The minimum Gasteiger partial charge on any atom is -0.366 e. The number of carbonyl (C=O) groups is 1. The fraction of sp³-hybridized carbons (Fsp3) is 0.630. The summed E-state index contributed by atoms with van der Waals surface area (Å²) in [5.41, 5.74) is 3.21. The Kier molecular flexibility index (Phi) is 4.80. The standard InChI is InChI=1S/C27H33F2N5O2/c1-17-8-27(17,33-6-5-21-20(12-33)30-24(35)14-36-21)34-15-26(16-34)9-19(10-26)7-18-3-4-23-31-22(25(2,28)29)13-32(23)11-18/h3-4,11,13,19-21H,1,5-10,12,14-16H2,2H3,(H,30,35)/t20-,21+,27?/m1/s1. The Labute approximate surface area is 209 Å². The molecule has 3 saturated heterocycles. The molecule has 0 bridgehead atoms. The molecule has 1 N–H and O–H groups in total. The van der Waals surface area contributed by atoms with Crippen molar-refractivity contribution in [3.05, 3.63) is 47.9 Å². The Balaban J connectivity index is 0.961. The molecule has 5 aliphatic rings. The molecule has 5 heterocycles. The number of fused-ring (bicyclic) bond motifs is 2. The van der Waals surface area contributed by atoms with Gasteiger partial charge in [0.25, 0.3) is 5.92 Å². The number of likely N-dealkylation sites (tertiary alicyclic amines) is 2. The largest absolute Gasteiger partial charge is 0.366 e. The van der Waals surface area contributed by atoms with Crippen LogP contribution < -0.4 is 5.32 Å². The second-order valence-electron chi connectivity index (χ2n) is 12.0. The van der Waals surface area contributed by atoms with Gasteiger partial charge in [0.15, 0.2) is 0 Å². The highest BCUT2D eigenvalue weighted by Gasteiger charge is 2.65. The Bertz CT molecular complexity index is 1240. The number of imidazole rings is 1. The van der Waals surface area contributed by atoms with Crippen molar-refractivity contribution in [3.63, 3.8) is 0 Å². The van der Waals surface area contributed by atoms with Gasteiger partial charge in [-0.2, -0.15) is 8.78 Å². The number of rotatable bonds is 5. The number of alkyl halides is 2. The number of halogens is 2. The third-order valence-corrected chi connectivity index (χ3v) is 9.25. The summed E-state index contributed by atoms with van der Waals surface area (Å²) in [5.74, 6) is -2.31. The Morgan fingerprint density at radius 2 is 2.03 bits per heavy atom. The van der Waals surface area contributed by atoms with E-state index in [0.29, 0.717) is 17.0 Å². The number of carbonyl (C=O) groups excluding carboxylic acids is 1. The minimum absolute atomic E-state index is 0.0129. The fourth-order valence-corrected chi connectivity index (χ4v) is 7.46. The monoisotopic (exact) mass is 497 g/mol. The molecule has 2 aliphatic carbocycles. The van der Waals surface area contributed by atoms with Crippen molar-refractivity contribution in [2.45, 2.75) is 62.8 Å². The first-order valence-corrected chi connectivity index (χ1v) is 13.1. The van der Waals surface area contributed by atoms with Crippen molar-refractivity contribution < 1.29 is 18.3 Å². The lowest BCUT2D eigenvalue weighted by Gasteiger charge is -2.63. The predicted octanol–water partition coefficient (Wildman–Crippen LogP) is 2.95. The maximum atomic E-state index is 13.6. The van der Waals surface area contributed by atoms with E-state index in [2.05, 4.69) is 26.7 Å². The summed E-state index contributed by atoms with van der Waals surface area (Å²) in [6.07, 6.45) is 8.88. The van der Waals surface area contributed by atoms with Gasteiger partial charge in [-0.25, -0.2) is 4.98 Å². The van der Waals surface area contributed by atoms with Gasteiger partial charge in [-0.05, 0) is 54.2 Å². The first kappa shape index (κ1) is 22.8. The van der Waals surface area contributed by atoms with Crippen LogP contribution >= 0.6 is 0 Å². The number of hydrogen-bond acceptors (Lipinski definition) is 5. The molecule has 0 aromatic carbocycles. The van der Waals surface area contributed by atoms with E-state index in [1.54, 1.807) is 4.40 Å². The maximum absolute atomic E-state index is 13.6. The number of piperidine rings is 1. The number of amides is 1. The lowest BCUT2D eigenvalue weighted by molar-refractivity contribution is -0.164. The molecular weight excluding hydrogens is 464 g/mol. The van der Waals surface area contributed by atoms with E-state index in [1.165, 1.54) is 30.2 Å². The molecule has 36 heavy (non-hydrogen) atoms. The molecule has 2 aromatic heterocycles. The van der Waals surface area contributed by atoms with E-state index in [-0.39, 0.29) is 36.0 Å². The first-order valence-electron chi connectivity index (χ1n) is 13.1. The Hall–Kier alpha value is -2.36. The topological polar surface area (TPSA) is 62.1 Å². The van der Waals surface area contributed by atoms with E-state index >= 15 is 0 Å². The van der Waals surface area contributed by atoms with Crippen LogP contribution in [0.1, 0.15) is 43.9 Å². The van der Waals surface area contributed by atoms with Gasteiger partial charge in [0.2, 0.25) is 5.91 Å². The van der Waals surface area contributed by atoms with Crippen LogP contribution in [0.15, 0.2) is 36.7 Å². The highest BCUT2D eigenvalue weighted by Crippen LogP contribution is 2.60. The zero-order valence-corrected chi connectivity index (χ0v) is 20.7. The Morgan fingerprint density at radius 1 is 1.25 bits per heavy atom. The lowest BCUT2D eigenvalue weighted by atomic mass is 9.56. The average Bonchev–Trinajstić information content (AvgIpc) is 3.25. The fourth-order valence-electron chi connectivity index (χ4n) is 7.46. The molecule has 7 nitrogen and oxygen atoms in total. The van der Waals surface area contributed by atoms with Crippen molar-refractivity contribution in [1.82, 2.24) is 24.5 Å². The van der Waals surface area contributed by atoms with Gasteiger partial charge in [-0.15, -0.1) is 0 Å². The number of aromatic nitrogens is 2. The van der Waals surface area contributed by atoms with Gasteiger partial charge >= 0.3 is 0 Å². The normalized spacial score (nSPS) is 32.8. The molecule has 9 heteroatoms. The number of nitrogens with zero attached hydrogens (tertiary/aromatic N) is 4. The summed E-state index contributed by atoms with van der Waals surface area (Å²) in [4.78, 5) is 21.0. The number of nitrogens with one attached hydrogen (secondary N) is 1. The van der Waals surface area contributed by atoms with Crippen LogP contribution in [-0.2, 0) is 21.9 Å². The summed E-state index contributed by atoms with van der Waals surface area (Å²) in [6.45, 7) is 9.44. The van der Waals surface area contributed by atoms with Crippen LogP contribution in [0.25, 0.3) is 5.65 Å². The molecule has 192 valence electrons. The van der Waals surface area contributed by atoms with Crippen molar-refractivity contribution in [2.24, 2.45) is 11.3 Å². The maximum Gasteiger partial charge on any atom is 0.288 e. The van der Waals surface area contributed by atoms with Crippen LogP contribution in [0.5, 0.6) is 0 Å². The zero-order chi connectivity index (χ0) is 24.9. The number of morpholine rings is 1. The van der Waals surface area contributed by atoms with E-state index in [9.17, 15) is 13.6 Å². The second-order valence-corrected chi connectivity index (χ2v) is 12.0. The molecule has 1 unspecified atom stereocenters. The van der Waals surface area contributed by atoms with Crippen LogP contribution in [0, 0.1) is 11.3 Å². The number of hydrogen-bond donors (Lipinski definition) is 1. The third kappa shape index (κ3) is 3.54. The Morgan fingerprint density at radius 3 is 2.75 bits per heavy atom. The van der Waals surface area contributed by atoms with Crippen LogP contribution in [0.2, 0.25) is 0 Å². The van der Waals surface area contributed by atoms with E-state index in [0.717, 1.165) is 52.4 Å². The summed E-state index contributed by atoms with van der Waals surface area (Å²) >= 11 is 0. The highest BCUT2D eigenvalue weighted by molar-refractivity contribution is 5.78. The summed E-state index contributed by atoms with van der Waals surface area (Å²) in [6, 6.07) is 3.94. The van der Waals surface area contributed by atoms with Crippen molar-refractivity contribution in [1.29, 1.82) is 0 Å². The molecule has 1 spiro atoms. The van der Waals surface area contributed by atoms with Gasteiger partial charge in [0, 0.05) is 51.9 Å². The van der Waals surface area contributed by atoms with Crippen LogP contribution in [0.4, 0.5) is 8.78 Å². The van der Waals surface area contributed by atoms with Gasteiger partial charge in [-0.1, -0.05) is 12.6 Å². The van der Waals surface area contributed by atoms with E-state index in [1.807, 2.05) is 18.3 Å². The minimum atomic E-state index is -2.93. The van der Waals surface area contributed by atoms with Crippen LogP contribution in [0.3, 0.4) is 0 Å². The van der Waals surface area contributed by atoms with Crippen molar-refractivity contribution in [3.8, 4) is 0 Å². The average molecular weight is 498 g/mol. The van der Waals surface area contributed by atoms with Crippen molar-refractivity contribution >= 4 is 11.6 Å². The van der Waals surface area contributed by atoms with E-state index in [4.69, 9.17) is 4.74 Å². The highest BCUT2D eigenvalue weighted by atomic mass is 19.3.